The zero-order chi connectivity index (χ0) is 13.8. The number of carbonyl (C=O) groups is 2. The van der Waals surface area contributed by atoms with E-state index in [2.05, 4.69) is 0 Å². The zero-order valence-corrected chi connectivity index (χ0v) is 10.3. The van der Waals surface area contributed by atoms with Gasteiger partial charge >= 0.3 is 11.9 Å². The van der Waals surface area contributed by atoms with Gasteiger partial charge in [-0.1, -0.05) is 12.1 Å². The summed E-state index contributed by atoms with van der Waals surface area (Å²) in [5, 5.41) is 17.8. The molecule has 102 valence electrons. The van der Waals surface area contributed by atoms with Crippen LogP contribution in [-0.2, 0) is 16.1 Å². The molecule has 0 bridgehead atoms. The van der Waals surface area contributed by atoms with Crippen molar-refractivity contribution in [2.24, 2.45) is 0 Å². The maximum atomic E-state index is 10.9. The van der Waals surface area contributed by atoms with Crippen molar-refractivity contribution in [1.82, 2.24) is 4.90 Å². The molecule has 1 heterocycles. The largest absolute Gasteiger partial charge is 0.479 e. The summed E-state index contributed by atoms with van der Waals surface area (Å²) in [5.74, 6) is -1.93. The lowest BCUT2D eigenvalue weighted by Gasteiger charge is -2.30. The fourth-order valence-electron chi connectivity index (χ4n) is 2.06. The minimum absolute atomic E-state index is 0.237. The Labute approximate surface area is 110 Å². The van der Waals surface area contributed by atoms with Crippen molar-refractivity contribution in [2.75, 3.05) is 19.7 Å². The molecule has 1 aliphatic rings. The summed E-state index contributed by atoms with van der Waals surface area (Å²) in [5.41, 5.74) is 1.09. The van der Waals surface area contributed by atoms with E-state index in [-0.39, 0.29) is 5.56 Å². The molecule has 1 atom stereocenters. The van der Waals surface area contributed by atoms with Gasteiger partial charge in [0.2, 0.25) is 0 Å². The third kappa shape index (κ3) is 3.52. The first-order chi connectivity index (χ1) is 9.06. The maximum Gasteiger partial charge on any atom is 0.335 e. The fourth-order valence-corrected chi connectivity index (χ4v) is 2.06. The van der Waals surface area contributed by atoms with Crippen molar-refractivity contribution in [3.05, 3.63) is 35.4 Å². The molecule has 6 heteroatoms. The Hall–Kier alpha value is -1.92. The van der Waals surface area contributed by atoms with Crippen molar-refractivity contribution in [2.45, 2.75) is 12.6 Å². The number of benzene rings is 1. The van der Waals surface area contributed by atoms with Gasteiger partial charge < -0.3 is 14.9 Å². The number of rotatable bonds is 4. The average Bonchev–Trinajstić information content (AvgIpc) is 2.39. The summed E-state index contributed by atoms with van der Waals surface area (Å²) in [7, 11) is 0. The van der Waals surface area contributed by atoms with Gasteiger partial charge in [-0.3, -0.25) is 4.90 Å². The Bertz CT molecular complexity index is 488. The molecule has 0 aromatic heterocycles. The molecule has 2 N–H and O–H groups in total. The second-order valence-corrected chi connectivity index (χ2v) is 4.44. The summed E-state index contributed by atoms with van der Waals surface area (Å²) in [4.78, 5) is 23.7. The Kier molecular flexibility index (Phi) is 4.13. The van der Waals surface area contributed by atoms with Gasteiger partial charge in [0, 0.05) is 19.6 Å². The predicted octanol–water partition coefficient (Wildman–Crippen LogP) is 0.670. The van der Waals surface area contributed by atoms with Crippen molar-refractivity contribution < 1.29 is 24.5 Å². The van der Waals surface area contributed by atoms with E-state index in [1.165, 1.54) is 6.07 Å². The molecule has 0 aliphatic carbocycles. The van der Waals surface area contributed by atoms with Crippen LogP contribution in [0.1, 0.15) is 15.9 Å². The Morgan fingerprint density at radius 3 is 2.84 bits per heavy atom. The smallest absolute Gasteiger partial charge is 0.335 e. The van der Waals surface area contributed by atoms with Crippen LogP contribution in [0.25, 0.3) is 0 Å². The molecular weight excluding hydrogens is 250 g/mol. The van der Waals surface area contributed by atoms with Crippen LogP contribution in [0.2, 0.25) is 0 Å². The quantitative estimate of drug-likeness (QED) is 0.832. The number of hydrogen-bond donors (Lipinski definition) is 2. The van der Waals surface area contributed by atoms with Crippen LogP contribution in [0, 0.1) is 0 Å². The number of aromatic carboxylic acids is 1. The van der Waals surface area contributed by atoms with Crippen LogP contribution in [0.3, 0.4) is 0 Å². The van der Waals surface area contributed by atoms with Gasteiger partial charge in [0.15, 0.2) is 6.10 Å². The van der Waals surface area contributed by atoms with E-state index in [0.717, 1.165) is 5.56 Å². The second kappa shape index (κ2) is 5.81. The molecule has 1 unspecified atom stereocenters. The van der Waals surface area contributed by atoms with Crippen molar-refractivity contribution in [3.63, 3.8) is 0 Å². The van der Waals surface area contributed by atoms with E-state index in [0.29, 0.717) is 26.2 Å². The van der Waals surface area contributed by atoms with Crippen LogP contribution in [0.15, 0.2) is 24.3 Å². The SMILES string of the molecule is O=C(O)c1cccc(CN2CCOC(C(=O)O)C2)c1. The molecule has 19 heavy (non-hydrogen) atoms. The van der Waals surface area contributed by atoms with Crippen molar-refractivity contribution in [3.8, 4) is 0 Å². The summed E-state index contributed by atoms with van der Waals surface area (Å²) in [6, 6.07) is 6.66. The molecule has 1 saturated heterocycles. The van der Waals surface area contributed by atoms with E-state index in [9.17, 15) is 9.59 Å². The van der Waals surface area contributed by atoms with Crippen molar-refractivity contribution in [1.29, 1.82) is 0 Å². The molecule has 1 fully saturated rings. The molecule has 2 rings (SSSR count). The molecule has 0 amide bonds. The first kappa shape index (κ1) is 13.5. The van der Waals surface area contributed by atoms with Crippen LogP contribution in [-0.4, -0.2) is 52.9 Å². The number of nitrogens with zero attached hydrogens (tertiary/aromatic N) is 1. The summed E-state index contributed by atoms with van der Waals surface area (Å²) >= 11 is 0. The molecule has 0 radical (unpaired) electrons. The molecule has 0 spiro atoms. The molecule has 1 aromatic carbocycles. The van der Waals surface area contributed by atoms with Gasteiger partial charge in [-0.2, -0.15) is 0 Å². The highest BCUT2D eigenvalue weighted by Gasteiger charge is 2.26. The van der Waals surface area contributed by atoms with E-state index in [1.807, 2.05) is 11.0 Å². The molecule has 0 saturated carbocycles. The zero-order valence-electron chi connectivity index (χ0n) is 10.3. The van der Waals surface area contributed by atoms with Crippen LogP contribution in [0.5, 0.6) is 0 Å². The highest BCUT2D eigenvalue weighted by Crippen LogP contribution is 2.12. The summed E-state index contributed by atoms with van der Waals surface area (Å²) in [6.07, 6.45) is -0.809. The highest BCUT2D eigenvalue weighted by molar-refractivity contribution is 5.87. The monoisotopic (exact) mass is 265 g/mol. The Morgan fingerprint density at radius 1 is 1.37 bits per heavy atom. The third-order valence-electron chi connectivity index (χ3n) is 3.01. The second-order valence-electron chi connectivity index (χ2n) is 4.44. The molecular formula is C13H15NO5. The number of carboxylic acids is 2. The van der Waals surface area contributed by atoms with Gasteiger partial charge in [0.25, 0.3) is 0 Å². The number of morpholine rings is 1. The van der Waals surface area contributed by atoms with E-state index in [4.69, 9.17) is 14.9 Å². The predicted molar refractivity (Wildman–Crippen MR) is 66.1 cm³/mol. The molecule has 1 aromatic rings. The lowest BCUT2D eigenvalue weighted by molar-refractivity contribution is -0.156. The summed E-state index contributed by atoms with van der Waals surface area (Å²) in [6.45, 7) is 1.84. The highest BCUT2D eigenvalue weighted by atomic mass is 16.5. The fraction of sp³-hybridized carbons (Fsp3) is 0.385. The number of ether oxygens (including phenoxy) is 1. The third-order valence-corrected chi connectivity index (χ3v) is 3.01. The van der Waals surface area contributed by atoms with E-state index in [1.54, 1.807) is 12.1 Å². The standard InChI is InChI=1S/C13H15NO5/c15-12(16)10-3-1-2-9(6-10)7-14-4-5-19-11(8-14)13(17)18/h1-3,6,11H,4-5,7-8H2,(H,15,16)(H,17,18). The average molecular weight is 265 g/mol. The van der Waals surface area contributed by atoms with E-state index >= 15 is 0 Å². The maximum absolute atomic E-state index is 10.9. The summed E-state index contributed by atoms with van der Waals surface area (Å²) < 4.78 is 5.13. The molecule has 6 nitrogen and oxygen atoms in total. The Morgan fingerprint density at radius 2 is 2.16 bits per heavy atom. The first-order valence-electron chi connectivity index (χ1n) is 5.95. The topological polar surface area (TPSA) is 87.1 Å². The van der Waals surface area contributed by atoms with Crippen LogP contribution < -0.4 is 0 Å². The van der Waals surface area contributed by atoms with Gasteiger partial charge in [-0.25, -0.2) is 9.59 Å². The lowest BCUT2D eigenvalue weighted by atomic mass is 10.1. The van der Waals surface area contributed by atoms with Gasteiger partial charge in [0.05, 0.1) is 12.2 Å². The van der Waals surface area contributed by atoms with Crippen LogP contribution in [0.4, 0.5) is 0 Å². The van der Waals surface area contributed by atoms with Crippen LogP contribution >= 0.6 is 0 Å². The number of carboxylic acid groups (broad SMARTS) is 2. The minimum Gasteiger partial charge on any atom is -0.479 e. The van der Waals surface area contributed by atoms with Gasteiger partial charge in [-0.05, 0) is 17.7 Å². The number of hydrogen-bond acceptors (Lipinski definition) is 4. The normalized spacial score (nSPS) is 20.1. The van der Waals surface area contributed by atoms with Crippen molar-refractivity contribution >= 4 is 11.9 Å². The first-order valence-corrected chi connectivity index (χ1v) is 5.95. The Balaban J connectivity index is 2.02. The molecule has 1 aliphatic heterocycles. The van der Waals surface area contributed by atoms with E-state index < -0.39 is 18.0 Å². The van der Waals surface area contributed by atoms with Gasteiger partial charge in [0.1, 0.15) is 0 Å². The lowest BCUT2D eigenvalue weighted by Crippen LogP contribution is -2.45. The van der Waals surface area contributed by atoms with Gasteiger partial charge in [-0.15, -0.1) is 0 Å². The minimum atomic E-state index is -0.969. The number of aliphatic carboxylic acids is 1.